The number of anilines is 3. The number of unbranched alkanes of at least 4 members (excludes halogenated alkanes) is 3. The highest BCUT2D eigenvalue weighted by Crippen LogP contribution is 2.36. The predicted octanol–water partition coefficient (Wildman–Crippen LogP) is 6.69. The van der Waals surface area contributed by atoms with Gasteiger partial charge in [0.15, 0.2) is 34.0 Å². The molecule has 0 aliphatic rings. The van der Waals surface area contributed by atoms with Crippen molar-refractivity contribution in [3.05, 3.63) is 179 Å². The van der Waals surface area contributed by atoms with Crippen LogP contribution in [0.3, 0.4) is 0 Å². The molecule has 0 aliphatic carbocycles. The van der Waals surface area contributed by atoms with Gasteiger partial charge in [-0.1, -0.05) is 72.8 Å². The third-order valence-corrected chi connectivity index (χ3v) is 13.8. The molecule has 432 valence electrons. The molecule has 3 amide bonds. The summed E-state index contributed by atoms with van der Waals surface area (Å²) in [5, 5.41) is 28.4. The van der Waals surface area contributed by atoms with Gasteiger partial charge in [-0.05, 0) is 167 Å². The fraction of sp³-hybridized carbons (Fsp3) is 0.283. The highest BCUT2D eigenvalue weighted by Gasteiger charge is 2.45. The number of rotatable bonds is 28. The number of halogens is 3. The van der Waals surface area contributed by atoms with Gasteiger partial charge in [-0.2, -0.15) is 13.2 Å². The number of carbonyl (C=O) groups excluding carboxylic acids is 7. The SMILES string of the molecule is NCCCC[C@@](N)(C(=O)Nc1ccc(C(c2ccc(NC(=O)[C@](N)(CCCCN)C(=O)c3cccc(O)c3)cc2)c2ccc(NC(=O)[C@](N)(CCCCN)C(=O)c3cccc(OC(=O)C(F)(F)F)c3)cc2)cc1)C(=O)c1cccc(O)c1. The van der Waals surface area contributed by atoms with Gasteiger partial charge in [-0.15, -0.1) is 0 Å². The molecule has 0 saturated heterocycles. The van der Waals surface area contributed by atoms with E-state index in [0.29, 0.717) is 61.9 Å². The Morgan fingerprint density at radius 2 is 0.744 bits per heavy atom. The molecule has 22 heteroatoms. The van der Waals surface area contributed by atoms with Crippen molar-refractivity contribution in [3.8, 4) is 17.2 Å². The molecule has 0 aromatic heterocycles. The number of carbonyl (C=O) groups is 7. The van der Waals surface area contributed by atoms with Crippen molar-refractivity contribution in [1.82, 2.24) is 0 Å². The minimum Gasteiger partial charge on any atom is -0.508 e. The van der Waals surface area contributed by atoms with Gasteiger partial charge < -0.3 is 65.3 Å². The van der Waals surface area contributed by atoms with Gasteiger partial charge in [0.1, 0.15) is 17.2 Å². The van der Waals surface area contributed by atoms with Gasteiger partial charge >= 0.3 is 12.1 Å². The lowest BCUT2D eigenvalue weighted by atomic mass is 9.83. The Bertz CT molecular complexity index is 3120. The molecule has 6 rings (SSSR count). The number of ketones is 3. The standard InChI is InChI=1S/C60H66F3N9O10/c61-60(62,63)56(81)82-48-15-9-12-42(36-48)52(77)59(69,30-3-6-33-66)55(80)72-45-26-20-39(21-27-45)49(37-16-22-43(23-17-37)70-53(78)57(67,28-1-4-31-64)50(75)40-10-7-13-46(73)34-40)38-18-24-44(25-19-38)71-54(79)58(68,29-2-5-32-65)51(76)41-11-8-14-47(74)35-41/h7-27,34-36,49,73-74H,1-6,28-33,64-69H2,(H,70,78)(H,71,79)(H,72,80)/t57-,58-,59-/m0/s1. The molecule has 6 aromatic carbocycles. The van der Waals surface area contributed by atoms with Gasteiger partial charge in [0.25, 0.3) is 17.7 Å². The van der Waals surface area contributed by atoms with Crippen molar-refractivity contribution in [2.45, 2.75) is 86.5 Å². The number of phenolic OH excluding ortho intramolecular Hbond substituents is 2. The second-order valence-corrected chi connectivity index (χ2v) is 19.8. The summed E-state index contributed by atoms with van der Waals surface area (Å²) in [5.74, 6) is -9.07. The summed E-state index contributed by atoms with van der Waals surface area (Å²) in [6.07, 6.45) is -3.41. The van der Waals surface area contributed by atoms with Crippen molar-refractivity contribution < 1.29 is 61.7 Å². The normalized spacial score (nSPS) is 13.6. The molecule has 0 heterocycles. The molecule has 0 unspecified atom stereocenters. The summed E-state index contributed by atoms with van der Waals surface area (Å²) in [4.78, 5) is 95.6. The average molecular weight is 1130 g/mol. The Hall–Kier alpha value is -8.64. The van der Waals surface area contributed by atoms with Gasteiger partial charge in [0.05, 0.1) is 0 Å². The number of benzene rings is 6. The summed E-state index contributed by atoms with van der Waals surface area (Å²) in [6.45, 7) is 0.794. The largest absolute Gasteiger partial charge is 0.508 e. The Morgan fingerprint density at radius 3 is 1.04 bits per heavy atom. The average Bonchev–Trinajstić information content (AvgIpc) is 3.59. The number of aromatic hydroxyl groups is 2. The van der Waals surface area contributed by atoms with E-state index in [9.17, 15) is 56.9 Å². The molecular weight excluding hydrogens is 1060 g/mol. The van der Waals surface area contributed by atoms with E-state index in [2.05, 4.69) is 20.7 Å². The van der Waals surface area contributed by atoms with Crippen LogP contribution in [0.2, 0.25) is 0 Å². The quantitative estimate of drug-likeness (QED) is 0.00608. The third-order valence-electron chi connectivity index (χ3n) is 13.8. The molecule has 0 fully saturated rings. The lowest BCUT2D eigenvalue weighted by Gasteiger charge is -2.28. The Balaban J connectivity index is 1.33. The summed E-state index contributed by atoms with van der Waals surface area (Å²) in [7, 11) is 0. The minimum atomic E-state index is -5.32. The summed E-state index contributed by atoms with van der Waals surface area (Å²) >= 11 is 0. The van der Waals surface area contributed by atoms with Crippen LogP contribution >= 0.6 is 0 Å². The number of ether oxygens (including phenoxy) is 1. The first kappa shape index (κ1) is 62.6. The van der Waals surface area contributed by atoms with E-state index in [1.54, 1.807) is 72.8 Å². The Morgan fingerprint density at radius 1 is 0.439 bits per heavy atom. The van der Waals surface area contributed by atoms with Crippen LogP contribution in [-0.2, 0) is 19.2 Å². The maximum absolute atomic E-state index is 14.2. The number of amides is 3. The van der Waals surface area contributed by atoms with E-state index in [-0.39, 0.29) is 77.5 Å². The van der Waals surface area contributed by atoms with Crippen molar-refractivity contribution >= 4 is 58.1 Å². The van der Waals surface area contributed by atoms with Crippen LogP contribution in [0.25, 0.3) is 0 Å². The fourth-order valence-electron chi connectivity index (χ4n) is 9.15. The molecule has 0 saturated carbocycles. The third kappa shape index (κ3) is 15.4. The van der Waals surface area contributed by atoms with Crippen molar-refractivity contribution in [2.75, 3.05) is 35.6 Å². The van der Waals surface area contributed by atoms with E-state index < -0.39 is 75.5 Å². The lowest BCUT2D eigenvalue weighted by Crippen LogP contribution is -2.57. The second kappa shape index (κ2) is 27.7. The number of phenols is 2. The molecule has 0 spiro atoms. The fourth-order valence-corrected chi connectivity index (χ4v) is 9.15. The molecular formula is C60H66F3N9O10. The van der Waals surface area contributed by atoms with Crippen molar-refractivity contribution in [3.63, 3.8) is 0 Å². The molecule has 19 nitrogen and oxygen atoms in total. The summed E-state index contributed by atoms with van der Waals surface area (Å²) in [5.41, 5.74) is 33.1. The first-order valence-electron chi connectivity index (χ1n) is 26.3. The van der Waals surface area contributed by atoms with E-state index in [1.165, 1.54) is 60.7 Å². The number of alkyl halides is 3. The zero-order valence-electron chi connectivity index (χ0n) is 44.7. The zero-order valence-corrected chi connectivity index (χ0v) is 44.7. The monoisotopic (exact) mass is 1130 g/mol. The van der Waals surface area contributed by atoms with Crippen LogP contribution in [0, 0.1) is 0 Å². The molecule has 0 aliphatic heterocycles. The van der Waals surface area contributed by atoms with Gasteiger partial charge in [0.2, 0.25) is 0 Å². The van der Waals surface area contributed by atoms with E-state index >= 15 is 0 Å². The van der Waals surface area contributed by atoms with Crippen molar-refractivity contribution in [2.24, 2.45) is 34.4 Å². The summed E-state index contributed by atoms with van der Waals surface area (Å²) in [6, 6.07) is 35.1. The molecule has 6 aromatic rings. The number of Topliss-reactive ketones (excluding diaryl/α,β-unsaturated/α-hetero) is 3. The molecule has 82 heavy (non-hydrogen) atoms. The van der Waals surface area contributed by atoms with Gasteiger partial charge in [-0.3, -0.25) is 28.8 Å². The van der Waals surface area contributed by atoms with Crippen molar-refractivity contribution in [1.29, 1.82) is 0 Å². The highest BCUT2D eigenvalue weighted by atomic mass is 19.4. The maximum Gasteiger partial charge on any atom is 0.491 e. The van der Waals surface area contributed by atoms with Gasteiger partial charge in [-0.25, -0.2) is 4.79 Å². The van der Waals surface area contributed by atoms with Crippen LogP contribution in [-0.4, -0.2) is 93.7 Å². The van der Waals surface area contributed by atoms with E-state index in [1.807, 2.05) is 0 Å². The molecule has 3 atom stereocenters. The molecule has 0 radical (unpaired) electrons. The smallest absolute Gasteiger partial charge is 0.491 e. The van der Waals surface area contributed by atoms with Crippen LogP contribution in [0.5, 0.6) is 17.2 Å². The first-order valence-corrected chi connectivity index (χ1v) is 26.3. The lowest BCUT2D eigenvalue weighted by molar-refractivity contribution is -0.189. The van der Waals surface area contributed by atoms with Crippen LogP contribution in [0.4, 0.5) is 30.2 Å². The number of nitrogens with one attached hydrogen (secondary N) is 3. The second-order valence-electron chi connectivity index (χ2n) is 19.8. The Kier molecular flexibility index (Phi) is 21.1. The number of hydrogen-bond donors (Lipinski definition) is 11. The topological polar surface area (TPSA) is 361 Å². The van der Waals surface area contributed by atoms with E-state index in [0.717, 1.165) is 12.1 Å². The van der Waals surface area contributed by atoms with Crippen LogP contribution in [0.15, 0.2) is 146 Å². The van der Waals surface area contributed by atoms with Crippen LogP contribution in [0.1, 0.15) is 111 Å². The van der Waals surface area contributed by atoms with Crippen LogP contribution < -0.4 is 55.1 Å². The van der Waals surface area contributed by atoms with Gasteiger partial charge in [0, 0.05) is 39.7 Å². The number of esters is 1. The minimum absolute atomic E-state index is 0.0339. The summed E-state index contributed by atoms with van der Waals surface area (Å²) < 4.78 is 43.4. The first-order chi connectivity index (χ1) is 39.0. The zero-order chi connectivity index (χ0) is 59.8. The molecule has 0 bridgehead atoms. The molecule has 17 N–H and O–H groups in total. The highest BCUT2D eigenvalue weighted by molar-refractivity contribution is 6.23. The number of nitrogens with two attached hydrogens (primary N) is 6. The number of hydrogen-bond acceptors (Lipinski definition) is 16. The van der Waals surface area contributed by atoms with E-state index in [4.69, 9.17) is 34.4 Å². The predicted molar refractivity (Wildman–Crippen MR) is 303 cm³/mol. The Labute approximate surface area is 470 Å². The maximum atomic E-state index is 14.2.